The summed E-state index contributed by atoms with van der Waals surface area (Å²) in [6.07, 6.45) is 1.03. The number of nitrogens with one attached hydrogen (secondary N) is 2. The summed E-state index contributed by atoms with van der Waals surface area (Å²) < 4.78 is 30.4. The first-order chi connectivity index (χ1) is 18.6. The zero-order chi connectivity index (χ0) is 27.7. The van der Waals surface area contributed by atoms with E-state index in [-0.39, 0.29) is 34.0 Å². The van der Waals surface area contributed by atoms with Crippen molar-refractivity contribution in [3.8, 4) is 0 Å². The van der Waals surface area contributed by atoms with Gasteiger partial charge >= 0.3 is 0 Å². The Bertz CT molecular complexity index is 1570. The highest BCUT2D eigenvalue weighted by Gasteiger charge is 2.35. The third-order valence-electron chi connectivity index (χ3n) is 6.72. The fraction of sp³-hybridized carbons (Fsp3) is 0.346. The number of nitrogens with zero attached hydrogens (tertiary/aromatic N) is 4. The van der Waals surface area contributed by atoms with E-state index in [2.05, 4.69) is 24.9 Å². The number of sulfonamides is 1. The van der Waals surface area contributed by atoms with Crippen LogP contribution in [0.4, 0.5) is 11.6 Å². The van der Waals surface area contributed by atoms with E-state index in [1.807, 2.05) is 16.7 Å². The van der Waals surface area contributed by atoms with Gasteiger partial charge in [-0.2, -0.15) is 0 Å². The zero-order valence-corrected chi connectivity index (χ0v) is 23.9. The Hall–Kier alpha value is -3.29. The standard InChI is InChI=1S/C26H28N6O4S3/c1-16-10-17(2)28-25(27-16)30-39(35,36)21-8-6-20(7-9-21)29-23(33)15-38-26(37)31-12-18-11-19(14-31)22-4-3-5-24(34)32(22)13-18/h3-10,18-19H,11-15H2,1-2H3,(H,29,33)(H,27,28,30)/t18-,19-/m0/s1. The number of carbonyl (C=O) groups excluding carboxylic acids is 1. The van der Waals surface area contributed by atoms with Crippen molar-refractivity contribution in [3.63, 3.8) is 0 Å². The summed E-state index contributed by atoms with van der Waals surface area (Å²) in [6, 6.07) is 13.1. The molecule has 2 bridgehead atoms. The molecule has 13 heteroatoms. The molecule has 3 aromatic rings. The van der Waals surface area contributed by atoms with E-state index in [1.54, 1.807) is 26.0 Å². The summed E-state index contributed by atoms with van der Waals surface area (Å²) in [5.41, 5.74) is 2.88. The number of aromatic nitrogens is 3. The maximum atomic E-state index is 12.7. The summed E-state index contributed by atoms with van der Waals surface area (Å²) >= 11 is 6.94. The third-order valence-corrected chi connectivity index (χ3v) is 9.59. The van der Waals surface area contributed by atoms with Crippen molar-refractivity contribution in [2.75, 3.05) is 28.9 Å². The molecule has 39 heavy (non-hydrogen) atoms. The van der Waals surface area contributed by atoms with Crippen LogP contribution in [0.1, 0.15) is 29.4 Å². The lowest BCUT2D eigenvalue weighted by Crippen LogP contribution is -2.48. The minimum atomic E-state index is -3.89. The quantitative estimate of drug-likeness (QED) is 0.420. The molecule has 0 saturated carbocycles. The van der Waals surface area contributed by atoms with Crippen LogP contribution < -0.4 is 15.6 Å². The second-order valence-corrected chi connectivity index (χ2v) is 13.1. The lowest BCUT2D eigenvalue weighted by atomic mass is 9.83. The molecule has 2 aliphatic rings. The van der Waals surface area contributed by atoms with Gasteiger partial charge in [0.2, 0.25) is 11.9 Å². The van der Waals surface area contributed by atoms with E-state index in [9.17, 15) is 18.0 Å². The molecule has 1 fully saturated rings. The second kappa shape index (κ2) is 11.1. The first-order valence-electron chi connectivity index (χ1n) is 12.4. The highest BCUT2D eigenvalue weighted by atomic mass is 32.2. The number of likely N-dealkylation sites (tertiary alicyclic amines) is 1. The Morgan fingerprint density at radius 3 is 2.51 bits per heavy atom. The number of aryl methyl sites for hydroxylation is 2. The first-order valence-corrected chi connectivity index (χ1v) is 15.3. The number of hydrogen-bond acceptors (Lipinski definition) is 8. The van der Waals surface area contributed by atoms with Crippen LogP contribution in [0.25, 0.3) is 0 Å². The first kappa shape index (κ1) is 27.3. The number of rotatable bonds is 6. The van der Waals surface area contributed by atoms with Crippen LogP contribution in [0.15, 0.2) is 58.2 Å². The van der Waals surface area contributed by atoms with Crippen molar-refractivity contribution in [2.45, 2.75) is 37.6 Å². The Morgan fingerprint density at radius 2 is 1.79 bits per heavy atom. The molecule has 2 aliphatic heterocycles. The molecule has 204 valence electrons. The number of pyridine rings is 1. The van der Waals surface area contributed by atoms with Crippen LogP contribution in [0.5, 0.6) is 0 Å². The number of thioether (sulfide) groups is 1. The molecule has 1 amide bonds. The maximum absolute atomic E-state index is 12.7. The van der Waals surface area contributed by atoms with Gasteiger partial charge in [0.1, 0.15) is 4.32 Å². The second-order valence-electron chi connectivity index (χ2n) is 9.81. The Morgan fingerprint density at radius 1 is 1.08 bits per heavy atom. The highest BCUT2D eigenvalue weighted by Crippen LogP contribution is 2.36. The van der Waals surface area contributed by atoms with Gasteiger partial charge in [-0.25, -0.2) is 23.1 Å². The molecule has 2 aromatic heterocycles. The van der Waals surface area contributed by atoms with Gasteiger partial charge in [0.05, 0.1) is 10.6 Å². The minimum Gasteiger partial charge on any atom is -0.356 e. The van der Waals surface area contributed by atoms with Gasteiger partial charge in [-0.3, -0.25) is 9.59 Å². The minimum absolute atomic E-state index is 0.00771. The maximum Gasteiger partial charge on any atom is 0.264 e. The van der Waals surface area contributed by atoms with Gasteiger partial charge < -0.3 is 14.8 Å². The van der Waals surface area contributed by atoms with Crippen LogP contribution in [0, 0.1) is 19.8 Å². The van der Waals surface area contributed by atoms with Crippen molar-refractivity contribution in [1.29, 1.82) is 0 Å². The van der Waals surface area contributed by atoms with Crippen LogP contribution in [-0.2, 0) is 21.4 Å². The Balaban J connectivity index is 1.14. The summed E-state index contributed by atoms with van der Waals surface area (Å²) in [4.78, 5) is 35.2. The number of benzene rings is 1. The van der Waals surface area contributed by atoms with Gasteiger partial charge in [-0.15, -0.1) is 0 Å². The van der Waals surface area contributed by atoms with Crippen LogP contribution in [-0.4, -0.2) is 56.9 Å². The van der Waals surface area contributed by atoms with Crippen molar-refractivity contribution in [1.82, 2.24) is 19.4 Å². The largest absolute Gasteiger partial charge is 0.356 e. The summed E-state index contributed by atoms with van der Waals surface area (Å²) in [7, 11) is -3.89. The van der Waals surface area contributed by atoms with Crippen molar-refractivity contribution in [3.05, 3.63) is 76.0 Å². The molecule has 4 heterocycles. The van der Waals surface area contributed by atoms with Crippen molar-refractivity contribution < 1.29 is 13.2 Å². The van der Waals surface area contributed by atoms with Gasteiger partial charge in [0.15, 0.2) is 0 Å². The fourth-order valence-electron chi connectivity index (χ4n) is 5.13. The van der Waals surface area contributed by atoms with Gasteiger partial charge in [-0.05, 0) is 62.6 Å². The van der Waals surface area contributed by atoms with Crippen LogP contribution in [0.3, 0.4) is 0 Å². The molecule has 10 nitrogen and oxygen atoms in total. The summed E-state index contributed by atoms with van der Waals surface area (Å²) in [5, 5.41) is 2.79. The van der Waals surface area contributed by atoms with Gasteiger partial charge in [0, 0.05) is 54.4 Å². The summed E-state index contributed by atoms with van der Waals surface area (Å²) in [5.74, 6) is 0.480. The SMILES string of the molecule is Cc1cc(C)nc(NS(=O)(=O)c2ccc(NC(=O)CSC(=S)N3C[C@@H]4C[C@@H](C3)c3cccc(=O)n3C4)cc2)n1. The number of hydrogen-bond donors (Lipinski definition) is 2. The van der Waals surface area contributed by atoms with E-state index in [1.165, 1.54) is 36.0 Å². The van der Waals surface area contributed by atoms with Gasteiger partial charge in [0.25, 0.3) is 15.6 Å². The molecule has 2 N–H and O–H groups in total. The molecule has 1 aromatic carbocycles. The predicted molar refractivity (Wildman–Crippen MR) is 156 cm³/mol. The van der Waals surface area contributed by atoms with E-state index in [4.69, 9.17) is 12.2 Å². The van der Waals surface area contributed by atoms with Crippen LogP contribution >= 0.6 is 24.0 Å². The van der Waals surface area contributed by atoms with E-state index in [0.29, 0.717) is 33.9 Å². The van der Waals surface area contributed by atoms with E-state index in [0.717, 1.165) is 25.2 Å². The predicted octanol–water partition coefficient (Wildman–Crippen LogP) is 3.13. The molecule has 0 aliphatic carbocycles. The molecule has 1 saturated heterocycles. The molecule has 0 spiro atoms. The number of anilines is 2. The van der Waals surface area contributed by atoms with E-state index >= 15 is 0 Å². The zero-order valence-electron chi connectivity index (χ0n) is 21.5. The molecular weight excluding hydrogens is 557 g/mol. The molecule has 0 unspecified atom stereocenters. The number of thiocarbonyl (C=S) groups is 1. The average Bonchev–Trinajstić information content (AvgIpc) is 2.87. The Kier molecular flexibility index (Phi) is 7.74. The number of carbonyl (C=O) groups is 1. The lowest BCUT2D eigenvalue weighted by Gasteiger charge is -2.43. The van der Waals surface area contributed by atoms with Crippen molar-refractivity contribution >= 4 is 55.9 Å². The van der Waals surface area contributed by atoms with Crippen LogP contribution in [0.2, 0.25) is 0 Å². The normalized spacial score (nSPS) is 18.3. The smallest absolute Gasteiger partial charge is 0.264 e. The number of fused-ring (bicyclic) bond motifs is 4. The Labute approximate surface area is 236 Å². The molecule has 2 atom stereocenters. The molecular formula is C26H28N6O4S3. The topological polar surface area (TPSA) is 126 Å². The number of amides is 1. The molecule has 0 radical (unpaired) electrons. The highest BCUT2D eigenvalue weighted by molar-refractivity contribution is 8.23. The monoisotopic (exact) mass is 584 g/mol. The lowest BCUT2D eigenvalue weighted by molar-refractivity contribution is -0.113. The van der Waals surface area contributed by atoms with Gasteiger partial charge in [-0.1, -0.05) is 30.0 Å². The average molecular weight is 585 g/mol. The fourth-order valence-corrected chi connectivity index (χ4v) is 7.06. The van der Waals surface area contributed by atoms with Crippen molar-refractivity contribution in [2.24, 2.45) is 5.92 Å². The third kappa shape index (κ3) is 6.31. The molecule has 5 rings (SSSR count). The van der Waals surface area contributed by atoms with E-state index < -0.39 is 10.0 Å². The number of piperidine rings is 1. The summed E-state index contributed by atoms with van der Waals surface area (Å²) in [6.45, 7) is 5.70.